The Labute approximate surface area is 162 Å². The van der Waals surface area contributed by atoms with Gasteiger partial charge in [-0.25, -0.2) is 0 Å². The maximum atomic E-state index is 12.6. The molecule has 4 rings (SSSR count). The molecule has 1 saturated heterocycles. The molecule has 28 heavy (non-hydrogen) atoms. The van der Waals surface area contributed by atoms with Crippen molar-refractivity contribution in [1.29, 1.82) is 0 Å². The van der Waals surface area contributed by atoms with Crippen molar-refractivity contribution in [3.63, 3.8) is 0 Å². The largest absolute Gasteiger partial charge is 0.361 e. The average molecular weight is 381 g/mol. The van der Waals surface area contributed by atoms with Gasteiger partial charge in [0.2, 0.25) is 5.91 Å². The number of likely N-dealkylation sites (tertiary alicyclic amines) is 1. The second kappa shape index (κ2) is 7.92. The lowest BCUT2D eigenvalue weighted by Gasteiger charge is -2.16. The van der Waals surface area contributed by atoms with Crippen molar-refractivity contribution < 1.29 is 13.8 Å². The molecule has 8 heteroatoms. The van der Waals surface area contributed by atoms with Crippen LogP contribution in [0.5, 0.6) is 0 Å². The van der Waals surface area contributed by atoms with E-state index in [0.717, 1.165) is 54.9 Å². The van der Waals surface area contributed by atoms with E-state index in [-0.39, 0.29) is 5.91 Å². The molecule has 0 saturated carbocycles. The van der Waals surface area contributed by atoms with E-state index in [1.165, 1.54) is 0 Å². The molecular formula is C20H23N5O3. The Kier molecular flexibility index (Phi) is 5.18. The van der Waals surface area contributed by atoms with Crippen LogP contribution in [0.25, 0.3) is 11.5 Å². The molecule has 0 bridgehead atoms. The quantitative estimate of drug-likeness (QED) is 0.647. The summed E-state index contributed by atoms with van der Waals surface area (Å²) in [6.07, 6.45) is 6.44. The molecule has 1 unspecified atom stereocenters. The van der Waals surface area contributed by atoms with E-state index in [0.29, 0.717) is 24.1 Å². The summed E-state index contributed by atoms with van der Waals surface area (Å²) in [6, 6.07) is 3.73. The highest BCUT2D eigenvalue weighted by Gasteiger charge is 2.27. The minimum Gasteiger partial charge on any atom is -0.361 e. The topological polar surface area (TPSA) is 98.2 Å². The van der Waals surface area contributed by atoms with E-state index in [4.69, 9.17) is 9.05 Å². The van der Waals surface area contributed by atoms with Gasteiger partial charge in [-0.15, -0.1) is 0 Å². The van der Waals surface area contributed by atoms with Crippen molar-refractivity contribution in [2.45, 2.75) is 39.5 Å². The molecule has 1 amide bonds. The summed E-state index contributed by atoms with van der Waals surface area (Å²) < 4.78 is 10.5. The second-order valence-electron chi connectivity index (χ2n) is 7.27. The van der Waals surface area contributed by atoms with E-state index < -0.39 is 0 Å². The molecular weight excluding hydrogens is 358 g/mol. The van der Waals surface area contributed by atoms with Crippen LogP contribution in [-0.4, -0.2) is 44.2 Å². The summed E-state index contributed by atoms with van der Waals surface area (Å²) in [7, 11) is 0. The van der Waals surface area contributed by atoms with Crippen LogP contribution in [0.3, 0.4) is 0 Å². The van der Waals surface area contributed by atoms with Gasteiger partial charge in [0.15, 0.2) is 5.82 Å². The minimum atomic E-state index is 0.135. The van der Waals surface area contributed by atoms with Gasteiger partial charge in [-0.1, -0.05) is 10.3 Å². The van der Waals surface area contributed by atoms with Crippen molar-refractivity contribution in [1.82, 2.24) is 25.2 Å². The van der Waals surface area contributed by atoms with Crippen molar-refractivity contribution >= 4 is 5.91 Å². The zero-order valence-electron chi connectivity index (χ0n) is 16.1. The molecule has 4 heterocycles. The third-order valence-corrected chi connectivity index (χ3v) is 5.30. The van der Waals surface area contributed by atoms with Crippen LogP contribution in [0.2, 0.25) is 0 Å². The maximum absolute atomic E-state index is 12.6. The van der Waals surface area contributed by atoms with E-state index >= 15 is 0 Å². The molecule has 0 aliphatic carbocycles. The maximum Gasteiger partial charge on any atom is 0.259 e. The summed E-state index contributed by atoms with van der Waals surface area (Å²) in [5.74, 6) is 2.50. The average Bonchev–Trinajstić information content (AvgIpc) is 3.44. The smallest absolute Gasteiger partial charge is 0.259 e. The number of hydrogen-bond donors (Lipinski definition) is 0. The molecule has 8 nitrogen and oxygen atoms in total. The first-order valence-corrected chi connectivity index (χ1v) is 9.52. The van der Waals surface area contributed by atoms with Crippen molar-refractivity contribution in [2.75, 3.05) is 13.1 Å². The van der Waals surface area contributed by atoms with Crippen LogP contribution < -0.4 is 0 Å². The third kappa shape index (κ3) is 3.95. The zero-order valence-corrected chi connectivity index (χ0v) is 16.1. The highest BCUT2D eigenvalue weighted by molar-refractivity contribution is 5.79. The number of hydrogen-bond acceptors (Lipinski definition) is 7. The lowest BCUT2D eigenvalue weighted by Crippen LogP contribution is -2.30. The highest BCUT2D eigenvalue weighted by atomic mass is 16.5. The van der Waals surface area contributed by atoms with Crippen molar-refractivity contribution in [2.24, 2.45) is 5.92 Å². The lowest BCUT2D eigenvalue weighted by molar-refractivity contribution is -0.129. The van der Waals surface area contributed by atoms with E-state index in [1.807, 2.05) is 30.9 Å². The van der Waals surface area contributed by atoms with Gasteiger partial charge < -0.3 is 13.9 Å². The van der Waals surface area contributed by atoms with Crippen LogP contribution >= 0.6 is 0 Å². The number of rotatable bonds is 6. The Bertz CT molecular complexity index is 930. The number of nitrogens with zero attached hydrogens (tertiary/aromatic N) is 5. The summed E-state index contributed by atoms with van der Waals surface area (Å²) in [6.45, 7) is 5.28. The van der Waals surface area contributed by atoms with Crippen LogP contribution in [-0.2, 0) is 17.6 Å². The predicted octanol–water partition coefficient (Wildman–Crippen LogP) is 2.76. The number of pyridine rings is 1. The van der Waals surface area contributed by atoms with Gasteiger partial charge in [-0.2, -0.15) is 4.98 Å². The van der Waals surface area contributed by atoms with E-state index in [9.17, 15) is 4.79 Å². The molecule has 1 fully saturated rings. The Balaban J connectivity index is 1.28. The SMILES string of the molecule is Cc1noc(C)c1CC(=O)N1CCC(CCc2noc(-c3cccnc3)n2)C1. The van der Waals surface area contributed by atoms with Gasteiger partial charge in [-0.3, -0.25) is 9.78 Å². The first kappa shape index (κ1) is 18.3. The molecule has 0 radical (unpaired) electrons. The predicted molar refractivity (Wildman–Crippen MR) is 100 cm³/mol. The van der Waals surface area contributed by atoms with Crippen LogP contribution in [0, 0.1) is 19.8 Å². The molecule has 0 N–H and O–H groups in total. The van der Waals surface area contributed by atoms with Gasteiger partial charge >= 0.3 is 0 Å². The van der Waals surface area contributed by atoms with Crippen LogP contribution in [0.1, 0.15) is 35.7 Å². The Morgan fingerprint density at radius 2 is 2.18 bits per heavy atom. The molecule has 1 aliphatic rings. The zero-order chi connectivity index (χ0) is 19.5. The summed E-state index contributed by atoms with van der Waals surface area (Å²) in [5.41, 5.74) is 2.52. The molecule has 1 atom stereocenters. The highest BCUT2D eigenvalue weighted by Crippen LogP contribution is 2.24. The summed E-state index contributed by atoms with van der Waals surface area (Å²) in [4.78, 5) is 23.1. The Morgan fingerprint density at radius 1 is 1.29 bits per heavy atom. The van der Waals surface area contributed by atoms with Gasteiger partial charge in [-0.05, 0) is 44.7 Å². The molecule has 0 spiro atoms. The van der Waals surface area contributed by atoms with Crippen LogP contribution in [0.4, 0.5) is 0 Å². The number of aromatic nitrogens is 4. The van der Waals surface area contributed by atoms with Gasteiger partial charge in [0.25, 0.3) is 5.89 Å². The standard InChI is InChI=1S/C20H23N5O3/c1-13-17(14(2)27-23-13)10-19(26)25-9-7-15(12-25)5-6-18-22-20(28-24-18)16-4-3-8-21-11-16/h3-4,8,11,15H,5-7,9-10,12H2,1-2H3. The van der Waals surface area contributed by atoms with Gasteiger partial charge in [0.05, 0.1) is 17.7 Å². The molecule has 3 aromatic heterocycles. The molecule has 1 aliphatic heterocycles. The number of carbonyl (C=O) groups is 1. The molecule has 146 valence electrons. The Hall–Kier alpha value is -3.03. The first-order valence-electron chi connectivity index (χ1n) is 9.52. The number of amides is 1. The fourth-order valence-corrected chi connectivity index (χ4v) is 3.61. The first-order chi connectivity index (χ1) is 13.6. The van der Waals surface area contributed by atoms with Crippen LogP contribution in [0.15, 0.2) is 33.6 Å². The fraction of sp³-hybridized carbons (Fsp3) is 0.450. The third-order valence-electron chi connectivity index (χ3n) is 5.30. The summed E-state index contributed by atoms with van der Waals surface area (Å²) in [5, 5.41) is 7.99. The number of aryl methyl sites for hydroxylation is 3. The van der Waals surface area contributed by atoms with E-state index in [2.05, 4.69) is 20.3 Å². The molecule has 3 aromatic rings. The summed E-state index contributed by atoms with van der Waals surface area (Å²) >= 11 is 0. The van der Waals surface area contributed by atoms with Crippen molar-refractivity contribution in [3.05, 3.63) is 47.4 Å². The second-order valence-corrected chi connectivity index (χ2v) is 7.27. The van der Waals surface area contributed by atoms with Crippen molar-refractivity contribution in [3.8, 4) is 11.5 Å². The lowest BCUT2D eigenvalue weighted by atomic mass is 10.0. The van der Waals surface area contributed by atoms with E-state index in [1.54, 1.807) is 12.4 Å². The fourth-order valence-electron chi connectivity index (χ4n) is 3.61. The minimum absolute atomic E-state index is 0.135. The normalized spacial score (nSPS) is 16.6. The monoisotopic (exact) mass is 381 g/mol. The Morgan fingerprint density at radius 3 is 2.93 bits per heavy atom. The number of carbonyl (C=O) groups excluding carboxylic acids is 1. The van der Waals surface area contributed by atoms with Gasteiger partial charge in [0, 0.05) is 37.5 Å². The van der Waals surface area contributed by atoms with Gasteiger partial charge in [0.1, 0.15) is 5.76 Å². The molecule has 0 aromatic carbocycles.